The number of para-hydroxylation sites is 3. The van der Waals surface area contributed by atoms with Crippen molar-refractivity contribution in [1.29, 1.82) is 0 Å². The van der Waals surface area contributed by atoms with Gasteiger partial charge in [0.25, 0.3) is 0 Å². The summed E-state index contributed by atoms with van der Waals surface area (Å²) in [4.78, 5) is 0. The minimum Gasteiger partial charge on any atom is -0.366 e. The van der Waals surface area contributed by atoms with Crippen molar-refractivity contribution in [3.8, 4) is 11.4 Å². The first-order valence-corrected chi connectivity index (χ1v) is 21.0. The molecule has 6 unspecified atom stereocenters. The number of aromatic nitrogens is 2. The second kappa shape index (κ2) is 9.85. The number of fused-ring (bicyclic) bond motifs is 8. The minimum absolute atomic E-state index is 0.110. The molecule has 0 saturated heterocycles. The van der Waals surface area contributed by atoms with E-state index in [1.165, 1.54) is 119 Å². The van der Waals surface area contributed by atoms with Crippen LogP contribution in [-0.2, 0) is 10.3 Å². The number of rotatable bonds is 2. The van der Waals surface area contributed by atoms with E-state index in [4.69, 9.17) is 4.74 Å². The van der Waals surface area contributed by atoms with Crippen LogP contribution in [0.2, 0.25) is 0 Å². The maximum atomic E-state index is 7.99. The fourth-order valence-electron chi connectivity index (χ4n) is 15.2. The second-order valence-electron chi connectivity index (χ2n) is 19.0. The van der Waals surface area contributed by atoms with E-state index in [2.05, 4.69) is 118 Å². The number of benzene rings is 5. The van der Waals surface area contributed by atoms with Gasteiger partial charge in [-0.15, -0.1) is 0 Å². The van der Waals surface area contributed by atoms with Crippen LogP contribution in [-0.4, -0.2) is 15.2 Å². The molecule has 2 spiro atoms. The highest BCUT2D eigenvalue weighted by Gasteiger charge is 2.74. The first-order valence-electron chi connectivity index (χ1n) is 21.0. The van der Waals surface area contributed by atoms with E-state index in [1.807, 2.05) is 0 Å². The van der Waals surface area contributed by atoms with Gasteiger partial charge in [-0.3, -0.25) is 0 Å². The van der Waals surface area contributed by atoms with Crippen LogP contribution in [0.1, 0.15) is 81.3 Å². The molecule has 7 aromatic rings. The second-order valence-corrected chi connectivity index (χ2v) is 19.0. The van der Waals surface area contributed by atoms with Gasteiger partial charge in [-0.2, -0.15) is 0 Å². The molecule has 6 fully saturated rings. The molecule has 8 aliphatic rings. The molecule has 6 atom stereocenters. The summed E-state index contributed by atoms with van der Waals surface area (Å²) < 4.78 is 13.1. The quantitative estimate of drug-likeness (QED) is 0.177. The third-order valence-electron chi connectivity index (χ3n) is 16.9. The first-order chi connectivity index (χ1) is 26.1. The molecular weight excluding hydrogens is 645 g/mol. The summed E-state index contributed by atoms with van der Waals surface area (Å²) in [5.41, 5.74) is 11.5. The van der Waals surface area contributed by atoms with Crippen LogP contribution in [0.5, 0.6) is 0 Å². The van der Waals surface area contributed by atoms with Crippen molar-refractivity contribution in [1.82, 2.24) is 9.13 Å². The Morgan fingerprint density at radius 1 is 0.472 bits per heavy atom. The molecule has 262 valence electrons. The Morgan fingerprint density at radius 2 is 1.02 bits per heavy atom. The Labute approximate surface area is 310 Å². The van der Waals surface area contributed by atoms with E-state index in [0.717, 1.165) is 23.7 Å². The zero-order chi connectivity index (χ0) is 34.2. The largest absolute Gasteiger partial charge is 0.366 e. The van der Waals surface area contributed by atoms with Crippen molar-refractivity contribution in [3.05, 3.63) is 120 Å². The van der Waals surface area contributed by atoms with Gasteiger partial charge in [0, 0.05) is 32.9 Å². The highest BCUT2D eigenvalue weighted by Crippen LogP contribution is 2.80. The van der Waals surface area contributed by atoms with Gasteiger partial charge in [0.2, 0.25) is 0 Å². The lowest BCUT2D eigenvalue weighted by Gasteiger charge is -2.52. The Balaban J connectivity index is 1.03. The summed E-state index contributed by atoms with van der Waals surface area (Å²) in [7, 11) is 0. The van der Waals surface area contributed by atoms with Crippen molar-refractivity contribution in [2.24, 2.45) is 40.9 Å². The number of ether oxygens (including phenoxy) is 1. The lowest BCUT2D eigenvalue weighted by molar-refractivity contribution is -0.192. The molecule has 5 aromatic carbocycles. The predicted molar refractivity (Wildman–Crippen MR) is 214 cm³/mol. The fourth-order valence-corrected chi connectivity index (χ4v) is 15.2. The molecule has 3 heteroatoms. The average Bonchev–Trinajstić information content (AvgIpc) is 3.86. The monoisotopic (exact) mass is 690 g/mol. The van der Waals surface area contributed by atoms with E-state index in [1.54, 1.807) is 11.1 Å². The summed E-state index contributed by atoms with van der Waals surface area (Å²) in [6.07, 6.45) is 14.3. The molecule has 2 aromatic heterocycles. The van der Waals surface area contributed by atoms with Crippen LogP contribution in [0, 0.1) is 40.9 Å². The topological polar surface area (TPSA) is 19.1 Å². The summed E-state index contributed by atoms with van der Waals surface area (Å²) in [5, 5.41) is 5.41. The zero-order valence-corrected chi connectivity index (χ0v) is 30.4. The SMILES string of the molecule is c1cc(-n2c3ccccc3c3ccccc32)cc(-n2c3ccccc3c3cc4c(cc32)C2CC3CC(CC(C3)OC43C4CC5CC6CC3CC56C4)C2)c1. The smallest absolute Gasteiger partial charge is 0.0994 e. The Kier molecular flexibility index (Phi) is 5.40. The van der Waals surface area contributed by atoms with E-state index in [-0.39, 0.29) is 5.60 Å². The third kappa shape index (κ3) is 3.53. The zero-order valence-electron chi connectivity index (χ0n) is 30.4. The van der Waals surface area contributed by atoms with Gasteiger partial charge in [-0.1, -0.05) is 60.7 Å². The fraction of sp³-hybridized carbons (Fsp3) is 0.400. The molecule has 7 bridgehead atoms. The summed E-state index contributed by atoms with van der Waals surface area (Å²) >= 11 is 0. The van der Waals surface area contributed by atoms with Crippen LogP contribution in [0.25, 0.3) is 55.0 Å². The lowest BCUT2D eigenvalue weighted by Crippen LogP contribution is -2.49. The Hall–Kier alpha value is -4.34. The van der Waals surface area contributed by atoms with E-state index in [9.17, 15) is 0 Å². The maximum Gasteiger partial charge on any atom is 0.0994 e. The highest BCUT2D eigenvalue weighted by atomic mass is 16.5. The van der Waals surface area contributed by atoms with Crippen LogP contribution >= 0.6 is 0 Å². The van der Waals surface area contributed by atoms with Crippen molar-refractivity contribution in [2.45, 2.75) is 81.8 Å². The standard InChI is InChI=1S/C50H46N2O/c1-4-13-45-39(10-1)40-11-2-5-14-46(40)51(45)36-8-7-9-37(24-36)52-47-15-6-3-12-41(47)43-25-44-42(26-48(43)52)31-17-29-16-30(18-31)20-38(19-29)53-50(44)34-22-32-21-33-23-35(50)28-49(32,33)27-34/h1-15,24-26,29-35,38H,16-23,27-28H2. The van der Waals surface area contributed by atoms with Crippen LogP contribution in [0.3, 0.4) is 0 Å². The summed E-state index contributed by atoms with van der Waals surface area (Å²) in [5.74, 6) is 5.55. The number of hydrogen-bond acceptors (Lipinski definition) is 1. The summed E-state index contributed by atoms with van der Waals surface area (Å²) in [6.45, 7) is 0. The first kappa shape index (κ1) is 29.1. The number of hydrogen-bond donors (Lipinski definition) is 0. The van der Waals surface area contributed by atoms with E-state index in [0.29, 0.717) is 29.3 Å². The Bertz CT molecular complexity index is 2620. The molecule has 15 rings (SSSR count). The van der Waals surface area contributed by atoms with E-state index >= 15 is 0 Å². The predicted octanol–water partition coefficient (Wildman–Crippen LogP) is 12.2. The highest BCUT2D eigenvalue weighted by molar-refractivity contribution is 6.11. The normalized spacial score (nSPS) is 36.0. The number of nitrogens with zero attached hydrogens (tertiary/aromatic N) is 2. The van der Waals surface area contributed by atoms with Gasteiger partial charge in [-0.05, 0) is 171 Å². The minimum atomic E-state index is -0.110. The molecule has 3 nitrogen and oxygen atoms in total. The third-order valence-corrected chi connectivity index (χ3v) is 16.9. The molecule has 0 N–H and O–H groups in total. The lowest BCUT2D eigenvalue weighted by atomic mass is 9.55. The molecule has 6 saturated carbocycles. The molecule has 2 aliphatic heterocycles. The summed E-state index contributed by atoms with van der Waals surface area (Å²) in [6, 6.07) is 41.8. The maximum absolute atomic E-state index is 7.99. The van der Waals surface area contributed by atoms with Gasteiger partial charge in [-0.25, -0.2) is 0 Å². The molecule has 4 heterocycles. The van der Waals surface area contributed by atoms with Gasteiger partial charge >= 0.3 is 0 Å². The molecule has 6 aliphatic carbocycles. The van der Waals surface area contributed by atoms with Crippen molar-refractivity contribution >= 4 is 43.6 Å². The van der Waals surface area contributed by atoms with Crippen LogP contribution in [0.4, 0.5) is 0 Å². The van der Waals surface area contributed by atoms with E-state index < -0.39 is 0 Å². The molecule has 53 heavy (non-hydrogen) atoms. The van der Waals surface area contributed by atoms with Crippen molar-refractivity contribution in [2.75, 3.05) is 0 Å². The van der Waals surface area contributed by atoms with Crippen LogP contribution < -0.4 is 0 Å². The van der Waals surface area contributed by atoms with Crippen molar-refractivity contribution < 1.29 is 4.74 Å². The average molecular weight is 691 g/mol. The van der Waals surface area contributed by atoms with Gasteiger partial charge in [0.1, 0.15) is 0 Å². The molecular formula is C50H46N2O. The van der Waals surface area contributed by atoms with Crippen LogP contribution in [0.15, 0.2) is 109 Å². The van der Waals surface area contributed by atoms with Crippen molar-refractivity contribution in [3.63, 3.8) is 0 Å². The van der Waals surface area contributed by atoms with Gasteiger partial charge < -0.3 is 13.9 Å². The molecule has 0 radical (unpaired) electrons. The van der Waals surface area contributed by atoms with Gasteiger partial charge in [0.05, 0.1) is 33.8 Å². The Morgan fingerprint density at radius 3 is 1.64 bits per heavy atom. The van der Waals surface area contributed by atoms with Gasteiger partial charge in [0.15, 0.2) is 0 Å². The molecule has 0 amide bonds.